The van der Waals surface area contributed by atoms with Gasteiger partial charge in [0.1, 0.15) is 19.3 Å². The zero-order valence-electron chi connectivity index (χ0n) is 43.0. The van der Waals surface area contributed by atoms with Crippen molar-refractivity contribution in [1.82, 2.24) is 0 Å². The minimum absolute atomic E-state index is 0.0882. The highest BCUT2D eigenvalue weighted by atomic mass is 31.2. The van der Waals surface area contributed by atoms with Gasteiger partial charge in [0, 0.05) is 13.0 Å². The quantitative estimate of drug-likeness (QED) is 0.0214. The van der Waals surface area contributed by atoms with Crippen LogP contribution in [0.5, 0.6) is 0 Å². The van der Waals surface area contributed by atoms with E-state index in [9.17, 15) is 14.3 Å². The number of phosphoric acid groups is 1. The molecule has 8 nitrogen and oxygen atoms in total. The molecule has 0 saturated heterocycles. The van der Waals surface area contributed by atoms with Gasteiger partial charge in [-0.2, -0.15) is 0 Å². The van der Waals surface area contributed by atoms with Crippen LogP contribution < -0.4 is 0 Å². The Morgan fingerprint density at radius 3 is 1.28 bits per heavy atom. The van der Waals surface area contributed by atoms with Crippen LogP contribution >= 0.6 is 7.82 Å². The van der Waals surface area contributed by atoms with Gasteiger partial charge in [-0.25, -0.2) is 4.57 Å². The van der Waals surface area contributed by atoms with Gasteiger partial charge in [0.2, 0.25) is 0 Å². The fraction of sp³-hybridized carbons (Fsp3) is 0.873. The first-order chi connectivity index (χ1) is 31.1. The summed E-state index contributed by atoms with van der Waals surface area (Å²) in [5.41, 5.74) is 0. The second-order valence-corrected chi connectivity index (χ2v) is 21.1. The van der Waals surface area contributed by atoms with E-state index in [4.69, 9.17) is 18.5 Å². The number of hydrogen-bond donors (Lipinski definition) is 1. The Labute approximate surface area is 397 Å². The summed E-state index contributed by atoms with van der Waals surface area (Å²) in [5.74, 6) is -0.315. The van der Waals surface area contributed by atoms with Gasteiger partial charge in [-0.05, 0) is 70.6 Å². The number of phosphoric ester groups is 1. The molecule has 0 aromatic heterocycles. The van der Waals surface area contributed by atoms with Crippen molar-refractivity contribution in [2.24, 2.45) is 0 Å². The van der Waals surface area contributed by atoms with Gasteiger partial charge in [-0.1, -0.05) is 211 Å². The van der Waals surface area contributed by atoms with Crippen molar-refractivity contribution in [3.63, 3.8) is 0 Å². The highest BCUT2D eigenvalue weighted by Crippen LogP contribution is 2.43. The van der Waals surface area contributed by atoms with Crippen molar-refractivity contribution in [2.45, 2.75) is 258 Å². The Bertz CT molecular complexity index is 1120. The van der Waals surface area contributed by atoms with Crippen molar-refractivity contribution in [3.8, 4) is 0 Å². The first kappa shape index (κ1) is 62.7. The molecule has 0 saturated carbocycles. The first-order valence-corrected chi connectivity index (χ1v) is 28.7. The molecule has 64 heavy (non-hydrogen) atoms. The molecule has 0 heterocycles. The normalized spacial score (nSPS) is 13.8. The Hall–Kier alpha value is -1.28. The van der Waals surface area contributed by atoms with Crippen LogP contribution in [0.3, 0.4) is 0 Å². The van der Waals surface area contributed by atoms with Gasteiger partial charge in [0.05, 0.1) is 34.4 Å². The Morgan fingerprint density at radius 2 is 0.859 bits per heavy atom. The lowest BCUT2D eigenvalue weighted by atomic mass is 10.0. The number of hydrogen-bond acceptors (Lipinski definition) is 6. The number of allylic oxidation sites excluding steroid dienone is 6. The van der Waals surface area contributed by atoms with Crippen LogP contribution in [0.4, 0.5) is 0 Å². The second-order valence-electron chi connectivity index (χ2n) is 19.6. The molecule has 2 atom stereocenters. The van der Waals surface area contributed by atoms with Crippen LogP contribution in [0.1, 0.15) is 251 Å². The number of carbonyl (C=O) groups is 1. The number of quaternary nitrogens is 1. The summed E-state index contributed by atoms with van der Waals surface area (Å²) < 4.78 is 35.2. The molecule has 378 valence electrons. The number of rotatable bonds is 51. The lowest BCUT2D eigenvalue weighted by Crippen LogP contribution is -2.37. The second kappa shape index (κ2) is 48.2. The van der Waals surface area contributed by atoms with Crippen LogP contribution in [0.15, 0.2) is 36.5 Å². The Kier molecular flexibility index (Phi) is 47.2. The van der Waals surface area contributed by atoms with E-state index < -0.39 is 13.9 Å². The molecule has 1 N–H and O–H groups in total. The SMILES string of the molecule is CCCCCCC/C=C\C/C=C\CCCCCCCCCCCCCCOCC(COP(=O)(O)OCC[N+](C)(C)C)OC(=O)CCCCCCCCC/C=C\CCCCCCCCC. The Balaban J connectivity index is 4.09. The lowest BCUT2D eigenvalue weighted by molar-refractivity contribution is -0.870. The predicted octanol–water partition coefficient (Wildman–Crippen LogP) is 16.9. The molecule has 0 aliphatic carbocycles. The highest BCUT2D eigenvalue weighted by Gasteiger charge is 2.26. The maximum absolute atomic E-state index is 12.8. The summed E-state index contributed by atoms with van der Waals surface area (Å²) >= 11 is 0. The number of ether oxygens (including phenoxy) is 2. The topological polar surface area (TPSA) is 91.3 Å². The van der Waals surface area contributed by atoms with Gasteiger partial charge in [0.25, 0.3) is 0 Å². The lowest BCUT2D eigenvalue weighted by Gasteiger charge is -2.24. The van der Waals surface area contributed by atoms with E-state index in [1.54, 1.807) is 0 Å². The van der Waals surface area contributed by atoms with E-state index in [0.717, 1.165) is 38.5 Å². The minimum Gasteiger partial charge on any atom is -0.457 e. The van der Waals surface area contributed by atoms with E-state index in [0.29, 0.717) is 24.1 Å². The van der Waals surface area contributed by atoms with E-state index in [-0.39, 0.29) is 25.8 Å². The summed E-state index contributed by atoms with van der Waals surface area (Å²) in [4.78, 5) is 23.0. The third-order valence-corrected chi connectivity index (χ3v) is 12.9. The van der Waals surface area contributed by atoms with Crippen LogP contribution in [-0.2, 0) is 27.9 Å². The summed E-state index contributed by atoms with van der Waals surface area (Å²) in [6.45, 7) is 5.64. The average molecular weight is 925 g/mol. The van der Waals surface area contributed by atoms with Crippen LogP contribution in [-0.4, -0.2) is 75.6 Å². The zero-order chi connectivity index (χ0) is 46.9. The number of esters is 1. The molecule has 9 heteroatoms. The average Bonchev–Trinajstić information content (AvgIpc) is 3.25. The van der Waals surface area contributed by atoms with Gasteiger partial charge >= 0.3 is 13.8 Å². The number of carbonyl (C=O) groups excluding carboxylic acids is 1. The van der Waals surface area contributed by atoms with Gasteiger partial charge in [0.15, 0.2) is 0 Å². The fourth-order valence-corrected chi connectivity index (χ4v) is 8.44. The maximum Gasteiger partial charge on any atom is 0.472 e. The van der Waals surface area contributed by atoms with Crippen LogP contribution in [0.25, 0.3) is 0 Å². The molecule has 0 spiro atoms. The summed E-state index contributed by atoms with van der Waals surface area (Å²) in [6, 6.07) is 0. The fourth-order valence-electron chi connectivity index (χ4n) is 7.70. The van der Waals surface area contributed by atoms with E-state index in [2.05, 4.69) is 50.3 Å². The van der Waals surface area contributed by atoms with Gasteiger partial charge in [-0.3, -0.25) is 13.8 Å². The zero-order valence-corrected chi connectivity index (χ0v) is 43.9. The van der Waals surface area contributed by atoms with Crippen molar-refractivity contribution >= 4 is 13.8 Å². The molecule has 0 aliphatic rings. The smallest absolute Gasteiger partial charge is 0.457 e. The number of likely N-dealkylation sites (N-methyl/N-ethyl adjacent to an activating group) is 1. The number of nitrogens with zero attached hydrogens (tertiary/aromatic N) is 1. The third kappa shape index (κ3) is 51.7. The molecule has 0 aromatic carbocycles. The molecule has 0 bridgehead atoms. The van der Waals surface area contributed by atoms with E-state index in [1.807, 2.05) is 21.1 Å². The van der Waals surface area contributed by atoms with Gasteiger partial charge in [-0.15, -0.1) is 0 Å². The molecule has 2 unspecified atom stereocenters. The van der Waals surface area contributed by atoms with Crippen LogP contribution in [0, 0.1) is 0 Å². The molecule has 0 fully saturated rings. The molecule has 0 aliphatic heterocycles. The molecule has 0 radical (unpaired) electrons. The largest absolute Gasteiger partial charge is 0.472 e. The Morgan fingerprint density at radius 1 is 0.484 bits per heavy atom. The summed E-state index contributed by atoms with van der Waals surface area (Å²) in [5, 5.41) is 0. The highest BCUT2D eigenvalue weighted by molar-refractivity contribution is 7.47. The monoisotopic (exact) mass is 925 g/mol. The van der Waals surface area contributed by atoms with Crippen LogP contribution in [0.2, 0.25) is 0 Å². The standard InChI is InChI=1S/C55H106NO7P/c1-6-8-10-12-14-16-18-20-22-24-26-27-28-29-30-31-33-35-37-39-41-43-45-47-50-60-52-54(53-62-64(58,59)61-51-49-56(3,4)5)63-55(57)48-46-44-42-40-38-36-34-32-25-23-21-19-17-15-13-11-9-7-2/h18,20,23-26,54H,6-17,19,21-22,27-53H2,1-5H3/p+1/b20-18-,25-23-,26-24-. The molecular formula is C55H107NO7P+. The molecule has 0 amide bonds. The van der Waals surface area contributed by atoms with Crippen molar-refractivity contribution in [1.29, 1.82) is 0 Å². The van der Waals surface area contributed by atoms with Crippen molar-refractivity contribution < 1.29 is 37.3 Å². The summed E-state index contributed by atoms with van der Waals surface area (Å²) in [6.07, 6.45) is 59.1. The molecular weight excluding hydrogens is 818 g/mol. The van der Waals surface area contributed by atoms with E-state index >= 15 is 0 Å². The van der Waals surface area contributed by atoms with Crippen molar-refractivity contribution in [3.05, 3.63) is 36.5 Å². The predicted molar refractivity (Wildman–Crippen MR) is 275 cm³/mol. The van der Waals surface area contributed by atoms with Gasteiger partial charge < -0.3 is 18.9 Å². The molecule has 0 aromatic rings. The first-order valence-electron chi connectivity index (χ1n) is 27.2. The maximum atomic E-state index is 12.8. The van der Waals surface area contributed by atoms with Crippen molar-refractivity contribution in [2.75, 3.05) is 54.1 Å². The minimum atomic E-state index is -4.28. The third-order valence-electron chi connectivity index (χ3n) is 11.9. The molecule has 0 rings (SSSR count). The number of unbranched alkanes of at least 4 members (excludes halogenated alkanes) is 31. The van der Waals surface area contributed by atoms with E-state index in [1.165, 1.54) is 193 Å². The summed E-state index contributed by atoms with van der Waals surface area (Å²) in [7, 11) is 1.67.